The predicted octanol–water partition coefficient (Wildman–Crippen LogP) is 3.04. The van der Waals surface area contributed by atoms with Gasteiger partial charge in [-0.2, -0.15) is 5.10 Å². The van der Waals surface area contributed by atoms with E-state index in [9.17, 15) is 14.7 Å². The Hall–Kier alpha value is -2.63. The number of aliphatic carboxylic acids is 1. The summed E-state index contributed by atoms with van der Waals surface area (Å²) >= 11 is 0. The maximum absolute atomic E-state index is 13.0. The summed E-state index contributed by atoms with van der Waals surface area (Å²) in [5.74, 6) is -1.21. The molecule has 1 aliphatic carbocycles. The lowest BCUT2D eigenvalue weighted by Gasteiger charge is -2.40. The first-order valence-corrected chi connectivity index (χ1v) is 8.59. The van der Waals surface area contributed by atoms with E-state index in [2.05, 4.69) is 5.10 Å². The van der Waals surface area contributed by atoms with Crippen molar-refractivity contribution in [1.82, 2.24) is 14.7 Å². The van der Waals surface area contributed by atoms with Gasteiger partial charge < -0.3 is 10.0 Å². The molecule has 3 rings (SSSR count). The van der Waals surface area contributed by atoms with Crippen LogP contribution in [-0.4, -0.2) is 44.3 Å². The van der Waals surface area contributed by atoms with Crippen LogP contribution in [0.4, 0.5) is 0 Å². The van der Waals surface area contributed by atoms with Crippen molar-refractivity contribution in [3.8, 4) is 5.69 Å². The van der Waals surface area contributed by atoms with Crippen LogP contribution in [0.5, 0.6) is 0 Å². The highest BCUT2D eigenvalue weighted by Crippen LogP contribution is 2.34. The second kappa shape index (κ2) is 6.70. The second-order valence-electron chi connectivity index (χ2n) is 6.67. The van der Waals surface area contributed by atoms with Gasteiger partial charge in [-0.25, -0.2) is 9.48 Å². The fourth-order valence-electron chi connectivity index (χ4n) is 3.59. The quantitative estimate of drug-likeness (QED) is 0.927. The molecule has 6 heteroatoms. The molecule has 1 aromatic carbocycles. The van der Waals surface area contributed by atoms with Crippen molar-refractivity contribution in [2.24, 2.45) is 0 Å². The van der Waals surface area contributed by atoms with E-state index in [0.717, 1.165) is 24.9 Å². The fraction of sp³-hybridized carbons (Fsp3) is 0.421. The van der Waals surface area contributed by atoms with Gasteiger partial charge in [0.25, 0.3) is 5.91 Å². The van der Waals surface area contributed by atoms with Crippen LogP contribution in [0.25, 0.3) is 5.69 Å². The first-order chi connectivity index (χ1) is 12.0. The van der Waals surface area contributed by atoms with E-state index in [-0.39, 0.29) is 5.91 Å². The topological polar surface area (TPSA) is 75.4 Å². The molecule has 0 saturated heterocycles. The van der Waals surface area contributed by atoms with Gasteiger partial charge in [0, 0.05) is 13.2 Å². The molecule has 0 bridgehead atoms. The molecule has 25 heavy (non-hydrogen) atoms. The summed E-state index contributed by atoms with van der Waals surface area (Å²) < 4.78 is 1.66. The van der Waals surface area contributed by atoms with E-state index in [1.165, 1.54) is 4.90 Å². The lowest BCUT2D eigenvalue weighted by atomic mass is 9.80. The van der Waals surface area contributed by atoms with Crippen LogP contribution in [0.2, 0.25) is 0 Å². The molecule has 6 nitrogen and oxygen atoms in total. The Bertz CT molecular complexity index is 776. The van der Waals surface area contributed by atoms with Crippen LogP contribution >= 0.6 is 0 Å². The number of aromatic nitrogens is 2. The molecule has 1 aromatic heterocycles. The van der Waals surface area contributed by atoms with Crippen molar-refractivity contribution >= 4 is 11.9 Å². The summed E-state index contributed by atoms with van der Waals surface area (Å²) in [6.45, 7) is 1.77. The van der Waals surface area contributed by atoms with E-state index in [1.54, 1.807) is 24.9 Å². The van der Waals surface area contributed by atoms with Gasteiger partial charge in [0.15, 0.2) is 0 Å². The van der Waals surface area contributed by atoms with Crippen LogP contribution in [0.15, 0.2) is 36.5 Å². The maximum Gasteiger partial charge on any atom is 0.329 e. The zero-order chi connectivity index (χ0) is 18.0. The molecule has 0 radical (unpaired) electrons. The Morgan fingerprint density at radius 3 is 2.40 bits per heavy atom. The number of aryl methyl sites for hydroxylation is 1. The molecule has 0 unspecified atom stereocenters. The number of likely N-dealkylation sites (N-methyl/N-ethyl adjacent to an activating group) is 1. The molecule has 1 amide bonds. The molecular weight excluding hydrogens is 318 g/mol. The van der Waals surface area contributed by atoms with Crippen molar-refractivity contribution in [3.63, 3.8) is 0 Å². The molecule has 1 N–H and O–H groups in total. The fourth-order valence-corrected chi connectivity index (χ4v) is 3.59. The van der Waals surface area contributed by atoms with Gasteiger partial charge in [-0.05, 0) is 31.9 Å². The van der Waals surface area contributed by atoms with E-state index in [0.29, 0.717) is 24.1 Å². The Kier molecular flexibility index (Phi) is 4.61. The number of nitrogens with zero attached hydrogens (tertiary/aromatic N) is 3. The number of carboxylic acid groups (broad SMARTS) is 1. The molecule has 0 spiro atoms. The zero-order valence-corrected chi connectivity index (χ0v) is 14.6. The van der Waals surface area contributed by atoms with E-state index in [1.807, 2.05) is 30.3 Å². The van der Waals surface area contributed by atoms with Crippen LogP contribution < -0.4 is 0 Å². The predicted molar refractivity (Wildman–Crippen MR) is 93.8 cm³/mol. The third kappa shape index (κ3) is 3.04. The number of carbonyl (C=O) groups is 2. The number of carbonyl (C=O) groups excluding carboxylic acids is 1. The molecular formula is C19H23N3O3. The highest BCUT2D eigenvalue weighted by molar-refractivity contribution is 5.98. The van der Waals surface area contributed by atoms with Crippen molar-refractivity contribution < 1.29 is 14.7 Å². The summed E-state index contributed by atoms with van der Waals surface area (Å²) in [5.41, 5.74) is 0.781. The number of benzene rings is 1. The van der Waals surface area contributed by atoms with Gasteiger partial charge in [-0.15, -0.1) is 0 Å². The SMILES string of the molecule is Cc1nn(-c2ccccc2)cc1C(=O)N(C)C1(C(=O)O)CCCCC1. The van der Waals surface area contributed by atoms with Crippen LogP contribution in [0.3, 0.4) is 0 Å². The molecule has 0 atom stereocenters. The van der Waals surface area contributed by atoms with Crippen LogP contribution in [-0.2, 0) is 4.79 Å². The summed E-state index contributed by atoms with van der Waals surface area (Å²) in [4.78, 5) is 26.4. The van der Waals surface area contributed by atoms with E-state index < -0.39 is 11.5 Å². The normalized spacial score (nSPS) is 16.4. The van der Waals surface area contributed by atoms with Crippen molar-refractivity contribution in [3.05, 3.63) is 47.8 Å². The highest BCUT2D eigenvalue weighted by atomic mass is 16.4. The summed E-state index contributed by atoms with van der Waals surface area (Å²) in [7, 11) is 1.60. The summed E-state index contributed by atoms with van der Waals surface area (Å²) in [5, 5.41) is 14.2. The molecule has 1 heterocycles. The minimum absolute atomic E-state index is 0.288. The Balaban J connectivity index is 1.92. The molecule has 0 aliphatic heterocycles. The monoisotopic (exact) mass is 341 g/mol. The van der Waals surface area contributed by atoms with E-state index >= 15 is 0 Å². The lowest BCUT2D eigenvalue weighted by molar-refractivity contribution is -0.151. The number of carboxylic acids is 1. The Morgan fingerprint density at radius 1 is 1.16 bits per heavy atom. The third-order valence-corrected chi connectivity index (χ3v) is 5.18. The molecule has 1 fully saturated rings. The smallest absolute Gasteiger partial charge is 0.329 e. The average Bonchev–Trinajstić information content (AvgIpc) is 3.03. The molecule has 1 saturated carbocycles. The molecule has 1 aliphatic rings. The van der Waals surface area contributed by atoms with Gasteiger partial charge in [0.1, 0.15) is 5.54 Å². The summed E-state index contributed by atoms with van der Waals surface area (Å²) in [6, 6.07) is 9.54. The second-order valence-corrected chi connectivity index (χ2v) is 6.67. The molecule has 2 aromatic rings. The average molecular weight is 341 g/mol. The first-order valence-electron chi connectivity index (χ1n) is 8.59. The number of hydrogen-bond acceptors (Lipinski definition) is 3. The Labute approximate surface area is 147 Å². The number of amides is 1. The number of rotatable bonds is 4. The standard InChI is InChI=1S/C19H23N3O3/c1-14-16(13-22(20-14)15-9-5-3-6-10-15)17(23)21(2)19(18(24)25)11-7-4-8-12-19/h3,5-6,9-10,13H,4,7-8,11-12H2,1-2H3,(H,24,25). The Morgan fingerprint density at radius 2 is 1.80 bits per heavy atom. The van der Waals surface area contributed by atoms with E-state index in [4.69, 9.17) is 0 Å². The highest BCUT2D eigenvalue weighted by Gasteiger charge is 2.46. The van der Waals surface area contributed by atoms with Gasteiger partial charge in [0.05, 0.1) is 16.9 Å². The van der Waals surface area contributed by atoms with Crippen molar-refractivity contribution in [2.75, 3.05) is 7.05 Å². The number of hydrogen-bond donors (Lipinski definition) is 1. The summed E-state index contributed by atoms with van der Waals surface area (Å²) in [6.07, 6.45) is 5.34. The number of para-hydroxylation sites is 1. The van der Waals surface area contributed by atoms with Crippen molar-refractivity contribution in [2.45, 2.75) is 44.6 Å². The van der Waals surface area contributed by atoms with Gasteiger partial charge in [-0.1, -0.05) is 37.5 Å². The lowest BCUT2D eigenvalue weighted by Crippen LogP contribution is -2.56. The third-order valence-electron chi connectivity index (χ3n) is 5.18. The van der Waals surface area contributed by atoms with Gasteiger partial charge >= 0.3 is 5.97 Å². The van der Waals surface area contributed by atoms with Gasteiger partial charge in [0.2, 0.25) is 0 Å². The zero-order valence-electron chi connectivity index (χ0n) is 14.6. The van der Waals surface area contributed by atoms with Gasteiger partial charge in [-0.3, -0.25) is 4.79 Å². The van der Waals surface area contributed by atoms with Crippen LogP contribution in [0, 0.1) is 6.92 Å². The molecule has 132 valence electrons. The maximum atomic E-state index is 13.0. The largest absolute Gasteiger partial charge is 0.479 e. The first kappa shape index (κ1) is 17.2. The minimum Gasteiger partial charge on any atom is -0.479 e. The van der Waals surface area contributed by atoms with Crippen LogP contribution in [0.1, 0.15) is 48.2 Å². The van der Waals surface area contributed by atoms with Crippen molar-refractivity contribution in [1.29, 1.82) is 0 Å². The minimum atomic E-state index is -1.11.